The van der Waals surface area contributed by atoms with E-state index in [9.17, 15) is 14.0 Å². The van der Waals surface area contributed by atoms with Crippen molar-refractivity contribution in [3.8, 4) is 11.1 Å². The van der Waals surface area contributed by atoms with Crippen molar-refractivity contribution < 1.29 is 18.7 Å². The van der Waals surface area contributed by atoms with Gasteiger partial charge in [-0.2, -0.15) is 0 Å². The summed E-state index contributed by atoms with van der Waals surface area (Å²) in [4.78, 5) is 26.3. The molecule has 4 rings (SSSR count). The van der Waals surface area contributed by atoms with Crippen molar-refractivity contribution in [2.24, 2.45) is 5.92 Å². The van der Waals surface area contributed by atoms with Crippen LogP contribution in [-0.4, -0.2) is 30.9 Å². The summed E-state index contributed by atoms with van der Waals surface area (Å²) in [6.45, 7) is 0.660. The molecule has 7 heteroatoms. The van der Waals surface area contributed by atoms with Gasteiger partial charge in [0.25, 0.3) is 0 Å². The van der Waals surface area contributed by atoms with Gasteiger partial charge in [0, 0.05) is 18.7 Å². The summed E-state index contributed by atoms with van der Waals surface area (Å²) in [6, 6.07) is 9.56. The molecule has 2 aromatic rings. The minimum Gasteiger partial charge on any atom is -0.384 e. The molecule has 0 radical (unpaired) electrons. The zero-order chi connectivity index (χ0) is 21.5. The SMILES string of the molecule is COCC1CCC2(CC1)NC(=O)C(c1cc(-c3ccc(Cl)c(F)c3)ccc1Cl)C2=O. The van der Waals surface area contributed by atoms with Gasteiger partial charge in [0.2, 0.25) is 5.91 Å². The third-order valence-electron chi connectivity index (χ3n) is 6.28. The third kappa shape index (κ3) is 3.75. The average molecular weight is 450 g/mol. The number of hydrogen-bond acceptors (Lipinski definition) is 3. The van der Waals surface area contributed by atoms with Crippen LogP contribution >= 0.6 is 23.2 Å². The highest BCUT2D eigenvalue weighted by Gasteiger charge is 2.54. The number of rotatable bonds is 4. The maximum Gasteiger partial charge on any atom is 0.236 e. The predicted octanol–water partition coefficient (Wildman–Crippen LogP) is 5.16. The first kappa shape index (κ1) is 21.3. The number of methoxy groups -OCH3 is 1. The molecule has 1 aliphatic heterocycles. The van der Waals surface area contributed by atoms with Crippen molar-refractivity contribution in [1.82, 2.24) is 5.32 Å². The Morgan fingerprint density at radius 3 is 2.33 bits per heavy atom. The first-order valence-electron chi connectivity index (χ1n) is 9.95. The standard InChI is InChI=1S/C23H22Cl2FNO3/c1-30-12-13-6-8-23(9-7-13)21(28)20(22(29)27-23)16-10-14(2-4-17(16)24)15-3-5-18(25)19(26)11-15/h2-5,10-11,13,20H,6-9,12H2,1H3,(H,27,29). The van der Waals surface area contributed by atoms with Crippen LogP contribution in [0.15, 0.2) is 36.4 Å². The summed E-state index contributed by atoms with van der Waals surface area (Å²) in [5.74, 6) is -1.56. The van der Waals surface area contributed by atoms with Crippen LogP contribution in [0.2, 0.25) is 10.0 Å². The van der Waals surface area contributed by atoms with Crippen LogP contribution in [0.5, 0.6) is 0 Å². The molecule has 1 saturated carbocycles. The molecule has 2 fully saturated rings. The number of ether oxygens (including phenoxy) is 1. The van der Waals surface area contributed by atoms with Crippen LogP contribution in [0, 0.1) is 11.7 Å². The fraction of sp³-hybridized carbons (Fsp3) is 0.391. The summed E-state index contributed by atoms with van der Waals surface area (Å²) in [6.07, 6.45) is 2.85. The zero-order valence-corrected chi connectivity index (χ0v) is 18.0. The summed E-state index contributed by atoms with van der Waals surface area (Å²) in [5, 5.41) is 3.34. The lowest BCUT2D eigenvalue weighted by Gasteiger charge is -2.35. The Labute approximate surface area is 184 Å². The molecule has 0 aromatic heterocycles. The molecule has 158 valence electrons. The summed E-state index contributed by atoms with van der Waals surface area (Å²) >= 11 is 12.2. The van der Waals surface area contributed by atoms with Crippen molar-refractivity contribution in [2.45, 2.75) is 37.1 Å². The molecule has 0 bridgehead atoms. The molecular formula is C23H22Cl2FNO3. The van der Waals surface area contributed by atoms with E-state index in [-0.39, 0.29) is 16.7 Å². The molecule has 1 saturated heterocycles. The van der Waals surface area contributed by atoms with Crippen LogP contribution in [0.4, 0.5) is 4.39 Å². The predicted molar refractivity (Wildman–Crippen MR) is 114 cm³/mol. The molecule has 2 aromatic carbocycles. The van der Waals surface area contributed by atoms with E-state index < -0.39 is 17.3 Å². The first-order chi connectivity index (χ1) is 14.3. The van der Waals surface area contributed by atoms with E-state index in [1.54, 1.807) is 31.4 Å². The molecule has 30 heavy (non-hydrogen) atoms. The first-order valence-corrected chi connectivity index (χ1v) is 10.7. The molecule has 1 unspecified atom stereocenters. The second-order valence-electron chi connectivity index (χ2n) is 8.13. The van der Waals surface area contributed by atoms with E-state index in [1.165, 1.54) is 12.1 Å². The Hall–Kier alpha value is -1.95. The quantitative estimate of drug-likeness (QED) is 0.655. The normalized spacial score (nSPS) is 26.3. The molecule has 1 amide bonds. The van der Waals surface area contributed by atoms with Gasteiger partial charge in [-0.1, -0.05) is 35.3 Å². The molecule has 2 aliphatic rings. The molecule has 1 heterocycles. The molecule has 1 atom stereocenters. The minimum atomic E-state index is -0.964. The minimum absolute atomic E-state index is 0.0318. The molecular weight excluding hydrogens is 428 g/mol. The van der Waals surface area contributed by atoms with E-state index in [1.807, 2.05) is 0 Å². The number of Topliss-reactive ketones (excluding diaryl/α,β-unsaturated/α-hetero) is 1. The van der Waals surface area contributed by atoms with Crippen LogP contribution in [0.3, 0.4) is 0 Å². The second kappa shape index (κ2) is 8.29. The Morgan fingerprint density at radius 2 is 1.70 bits per heavy atom. The number of ketones is 1. The smallest absolute Gasteiger partial charge is 0.236 e. The number of amides is 1. The van der Waals surface area contributed by atoms with Crippen molar-refractivity contribution in [1.29, 1.82) is 0 Å². The summed E-state index contributed by atoms with van der Waals surface area (Å²) < 4.78 is 19.1. The number of carbonyl (C=O) groups is 2. The lowest BCUT2D eigenvalue weighted by Crippen LogP contribution is -2.49. The Bertz CT molecular complexity index is 1000. The van der Waals surface area contributed by atoms with Gasteiger partial charge in [-0.05, 0) is 72.6 Å². The second-order valence-corrected chi connectivity index (χ2v) is 8.95. The monoisotopic (exact) mass is 449 g/mol. The zero-order valence-electron chi connectivity index (χ0n) is 16.5. The van der Waals surface area contributed by atoms with Gasteiger partial charge >= 0.3 is 0 Å². The van der Waals surface area contributed by atoms with E-state index in [4.69, 9.17) is 27.9 Å². The number of halogens is 3. The fourth-order valence-corrected chi connectivity index (χ4v) is 4.96. The van der Waals surface area contributed by atoms with Crippen molar-refractivity contribution >= 4 is 34.9 Å². The fourth-order valence-electron chi connectivity index (χ4n) is 4.61. The topological polar surface area (TPSA) is 55.4 Å². The number of hydrogen-bond donors (Lipinski definition) is 1. The number of benzene rings is 2. The Balaban J connectivity index is 1.64. The summed E-state index contributed by atoms with van der Waals surface area (Å²) in [7, 11) is 1.67. The van der Waals surface area contributed by atoms with E-state index in [0.717, 1.165) is 12.8 Å². The van der Waals surface area contributed by atoms with Crippen LogP contribution < -0.4 is 5.32 Å². The molecule has 1 spiro atoms. The van der Waals surface area contributed by atoms with Crippen LogP contribution in [0.25, 0.3) is 11.1 Å². The highest BCUT2D eigenvalue weighted by atomic mass is 35.5. The lowest BCUT2D eigenvalue weighted by molar-refractivity contribution is -0.126. The van der Waals surface area contributed by atoms with Crippen LogP contribution in [0.1, 0.15) is 37.2 Å². The highest BCUT2D eigenvalue weighted by molar-refractivity contribution is 6.33. The maximum absolute atomic E-state index is 13.9. The largest absolute Gasteiger partial charge is 0.384 e. The van der Waals surface area contributed by atoms with Gasteiger partial charge in [0.05, 0.1) is 10.6 Å². The van der Waals surface area contributed by atoms with Crippen molar-refractivity contribution in [2.75, 3.05) is 13.7 Å². The molecule has 1 aliphatic carbocycles. The number of nitrogens with one attached hydrogen (secondary N) is 1. The summed E-state index contributed by atoms with van der Waals surface area (Å²) in [5.41, 5.74) is 0.867. The Morgan fingerprint density at radius 1 is 1.07 bits per heavy atom. The highest BCUT2D eigenvalue weighted by Crippen LogP contribution is 2.43. The Kier molecular flexibility index (Phi) is 5.88. The average Bonchev–Trinajstić information content (AvgIpc) is 2.96. The van der Waals surface area contributed by atoms with E-state index in [0.29, 0.717) is 47.1 Å². The van der Waals surface area contributed by atoms with Gasteiger partial charge in [-0.3, -0.25) is 9.59 Å². The molecule has 4 nitrogen and oxygen atoms in total. The van der Waals surface area contributed by atoms with E-state index in [2.05, 4.69) is 5.32 Å². The van der Waals surface area contributed by atoms with Gasteiger partial charge in [-0.15, -0.1) is 0 Å². The molecule has 1 N–H and O–H groups in total. The van der Waals surface area contributed by atoms with Gasteiger partial charge in [0.15, 0.2) is 5.78 Å². The number of carbonyl (C=O) groups excluding carboxylic acids is 2. The van der Waals surface area contributed by atoms with Crippen LogP contribution in [-0.2, 0) is 14.3 Å². The van der Waals surface area contributed by atoms with Crippen molar-refractivity contribution in [3.05, 3.63) is 57.8 Å². The maximum atomic E-state index is 13.9. The third-order valence-corrected chi connectivity index (χ3v) is 6.93. The lowest BCUT2D eigenvalue weighted by atomic mass is 9.73. The van der Waals surface area contributed by atoms with Gasteiger partial charge in [0.1, 0.15) is 11.7 Å². The van der Waals surface area contributed by atoms with Crippen molar-refractivity contribution in [3.63, 3.8) is 0 Å². The van der Waals surface area contributed by atoms with Gasteiger partial charge in [-0.25, -0.2) is 4.39 Å². The van der Waals surface area contributed by atoms with Gasteiger partial charge < -0.3 is 10.1 Å². The van der Waals surface area contributed by atoms with E-state index >= 15 is 0 Å².